The third-order valence-electron chi connectivity index (χ3n) is 2.88. The van der Waals surface area contributed by atoms with Gasteiger partial charge in [-0.2, -0.15) is 0 Å². The smallest absolute Gasteiger partial charge is 0.251 e. The first kappa shape index (κ1) is 11.9. The van der Waals surface area contributed by atoms with E-state index in [-0.39, 0.29) is 25.0 Å². The second kappa shape index (κ2) is 4.53. The molecule has 4 heteroatoms. The molecule has 1 aliphatic rings. The molecule has 2 atom stereocenters. The molecule has 0 spiro atoms. The number of likely N-dealkylation sites (tertiary alicyclic amines) is 1. The van der Waals surface area contributed by atoms with Crippen molar-refractivity contribution in [2.45, 2.75) is 44.8 Å². The summed E-state index contributed by atoms with van der Waals surface area (Å²) in [7, 11) is 1.88. The zero-order chi connectivity index (χ0) is 10.8. The van der Waals surface area contributed by atoms with Crippen LogP contribution in [-0.4, -0.2) is 43.2 Å². The molecule has 0 aromatic rings. The Bertz CT molecular complexity index is 187. The lowest BCUT2D eigenvalue weighted by Gasteiger charge is -2.39. The molecule has 1 aliphatic heterocycles. The third-order valence-corrected chi connectivity index (χ3v) is 2.88. The second-order valence-electron chi connectivity index (χ2n) is 4.02. The highest BCUT2D eigenvalue weighted by atomic mass is 19.3. The number of rotatable bonds is 3. The first-order valence-electron chi connectivity index (χ1n) is 5.16. The topological polar surface area (TPSA) is 12.5 Å². The number of ether oxygens (including phenoxy) is 1. The van der Waals surface area contributed by atoms with E-state index in [1.807, 2.05) is 25.8 Å². The van der Waals surface area contributed by atoms with Gasteiger partial charge in [-0.05, 0) is 20.9 Å². The molecule has 0 N–H and O–H groups in total. The van der Waals surface area contributed by atoms with Crippen LogP contribution in [0.1, 0.15) is 26.7 Å². The van der Waals surface area contributed by atoms with Crippen molar-refractivity contribution in [3.63, 3.8) is 0 Å². The molecule has 0 amide bonds. The van der Waals surface area contributed by atoms with Crippen molar-refractivity contribution in [1.29, 1.82) is 0 Å². The molecule has 1 fully saturated rings. The number of halogens is 2. The summed E-state index contributed by atoms with van der Waals surface area (Å²) in [5.74, 6) is -2.51. The van der Waals surface area contributed by atoms with E-state index in [2.05, 4.69) is 0 Å². The summed E-state index contributed by atoms with van der Waals surface area (Å²) in [4.78, 5) is 1.97. The molecule has 1 rings (SSSR count). The van der Waals surface area contributed by atoms with E-state index in [1.54, 1.807) is 0 Å². The maximum Gasteiger partial charge on any atom is 0.251 e. The molecule has 0 aromatic heterocycles. The van der Waals surface area contributed by atoms with Crippen molar-refractivity contribution in [3.05, 3.63) is 0 Å². The number of hydrogen-bond donors (Lipinski definition) is 0. The molecule has 0 aromatic carbocycles. The summed E-state index contributed by atoms with van der Waals surface area (Å²) < 4.78 is 31.7. The number of hydrogen-bond acceptors (Lipinski definition) is 2. The van der Waals surface area contributed by atoms with Crippen molar-refractivity contribution in [2.24, 2.45) is 0 Å². The van der Waals surface area contributed by atoms with Crippen molar-refractivity contribution < 1.29 is 13.5 Å². The molecule has 0 unspecified atom stereocenters. The van der Waals surface area contributed by atoms with Crippen LogP contribution in [-0.2, 0) is 4.74 Å². The fraction of sp³-hybridized carbons (Fsp3) is 1.00. The Labute approximate surface area is 84.2 Å². The van der Waals surface area contributed by atoms with Crippen LogP contribution in [0.15, 0.2) is 0 Å². The molecular weight excluding hydrogens is 188 g/mol. The fourth-order valence-corrected chi connectivity index (χ4v) is 1.97. The van der Waals surface area contributed by atoms with Crippen LogP contribution in [0.3, 0.4) is 0 Å². The van der Waals surface area contributed by atoms with Crippen LogP contribution in [0.2, 0.25) is 0 Å². The molecule has 0 aliphatic carbocycles. The summed E-state index contributed by atoms with van der Waals surface area (Å²) in [6, 6.07) is -0.154. The van der Waals surface area contributed by atoms with Gasteiger partial charge in [0.1, 0.15) is 0 Å². The van der Waals surface area contributed by atoms with Gasteiger partial charge >= 0.3 is 0 Å². The summed E-state index contributed by atoms with van der Waals surface area (Å²) in [6.45, 7) is 4.79. The Hall–Kier alpha value is -0.220. The van der Waals surface area contributed by atoms with Crippen LogP contribution in [0.25, 0.3) is 0 Å². The van der Waals surface area contributed by atoms with E-state index in [1.165, 1.54) is 0 Å². The zero-order valence-electron chi connectivity index (χ0n) is 9.09. The Balaban J connectivity index is 2.56. The van der Waals surface area contributed by atoms with E-state index in [0.717, 1.165) is 0 Å². The summed E-state index contributed by atoms with van der Waals surface area (Å²) in [6.07, 6.45) is -0.222. The van der Waals surface area contributed by atoms with Crippen LogP contribution < -0.4 is 0 Å². The number of alkyl halides is 2. The monoisotopic (exact) mass is 207 g/mol. The Kier molecular flexibility index (Phi) is 3.84. The van der Waals surface area contributed by atoms with Crippen molar-refractivity contribution in [1.82, 2.24) is 4.90 Å². The summed E-state index contributed by atoms with van der Waals surface area (Å²) in [5.41, 5.74) is 0. The molecule has 0 bridgehead atoms. The fourth-order valence-electron chi connectivity index (χ4n) is 1.97. The van der Waals surface area contributed by atoms with E-state index in [4.69, 9.17) is 4.74 Å². The summed E-state index contributed by atoms with van der Waals surface area (Å²) in [5, 5.41) is 0. The highest BCUT2D eigenvalue weighted by Crippen LogP contribution is 2.32. The van der Waals surface area contributed by atoms with Gasteiger partial charge < -0.3 is 9.64 Å². The SMILES string of the molecule is CCO[C@@H](C)[C@@H]1CC(F)(F)CCN1C. The van der Waals surface area contributed by atoms with Gasteiger partial charge in [0.2, 0.25) is 0 Å². The third kappa shape index (κ3) is 2.89. The Morgan fingerprint density at radius 1 is 1.57 bits per heavy atom. The van der Waals surface area contributed by atoms with Gasteiger partial charge in [0, 0.05) is 32.0 Å². The lowest BCUT2D eigenvalue weighted by molar-refractivity contribution is -0.104. The second-order valence-corrected chi connectivity index (χ2v) is 4.02. The van der Waals surface area contributed by atoms with Crippen molar-refractivity contribution >= 4 is 0 Å². The van der Waals surface area contributed by atoms with Crippen LogP contribution in [0.4, 0.5) is 8.78 Å². The molecule has 2 nitrogen and oxygen atoms in total. The average Bonchev–Trinajstić information content (AvgIpc) is 2.10. The van der Waals surface area contributed by atoms with Gasteiger partial charge in [0.05, 0.1) is 6.10 Å². The normalized spacial score (nSPS) is 30.2. The van der Waals surface area contributed by atoms with Crippen molar-refractivity contribution in [3.8, 4) is 0 Å². The van der Waals surface area contributed by atoms with Gasteiger partial charge in [0.25, 0.3) is 5.92 Å². The lowest BCUT2D eigenvalue weighted by Crippen LogP contribution is -2.50. The van der Waals surface area contributed by atoms with Gasteiger partial charge in [-0.25, -0.2) is 8.78 Å². The predicted molar refractivity (Wildman–Crippen MR) is 51.7 cm³/mol. The maximum absolute atomic E-state index is 13.1. The minimum atomic E-state index is -2.51. The van der Waals surface area contributed by atoms with E-state index < -0.39 is 5.92 Å². The van der Waals surface area contributed by atoms with E-state index in [0.29, 0.717) is 13.2 Å². The molecule has 1 heterocycles. The highest BCUT2D eigenvalue weighted by molar-refractivity contribution is 4.87. The molecule has 84 valence electrons. The maximum atomic E-state index is 13.1. The van der Waals surface area contributed by atoms with Gasteiger partial charge in [-0.1, -0.05) is 0 Å². The largest absolute Gasteiger partial charge is 0.377 e. The molecule has 1 saturated heterocycles. The zero-order valence-corrected chi connectivity index (χ0v) is 9.09. The first-order chi connectivity index (χ1) is 6.46. The number of nitrogens with zero attached hydrogens (tertiary/aromatic N) is 1. The predicted octanol–water partition coefficient (Wildman–Crippen LogP) is 2.14. The quantitative estimate of drug-likeness (QED) is 0.703. The molecule has 0 radical (unpaired) electrons. The first-order valence-corrected chi connectivity index (χ1v) is 5.16. The molecule has 0 saturated carbocycles. The minimum absolute atomic E-state index is 0.0289. The molecule has 14 heavy (non-hydrogen) atoms. The van der Waals surface area contributed by atoms with E-state index in [9.17, 15) is 8.78 Å². The van der Waals surface area contributed by atoms with E-state index >= 15 is 0 Å². The average molecular weight is 207 g/mol. The summed E-state index contributed by atoms with van der Waals surface area (Å²) >= 11 is 0. The lowest BCUT2D eigenvalue weighted by atomic mass is 9.95. The van der Waals surface area contributed by atoms with Crippen LogP contribution in [0, 0.1) is 0 Å². The number of likely N-dealkylation sites (N-methyl/N-ethyl adjacent to an activating group) is 1. The Morgan fingerprint density at radius 2 is 2.21 bits per heavy atom. The highest BCUT2D eigenvalue weighted by Gasteiger charge is 2.41. The molecular formula is C10H19F2NO. The van der Waals surface area contributed by atoms with Crippen LogP contribution in [0.5, 0.6) is 0 Å². The van der Waals surface area contributed by atoms with Gasteiger partial charge in [-0.15, -0.1) is 0 Å². The van der Waals surface area contributed by atoms with Gasteiger partial charge in [-0.3, -0.25) is 0 Å². The van der Waals surface area contributed by atoms with Crippen LogP contribution >= 0.6 is 0 Å². The number of piperidine rings is 1. The standard InChI is InChI=1S/C10H19F2NO/c1-4-14-8(2)9-7-10(11,12)5-6-13(9)3/h8-9H,4-7H2,1-3H3/t8-,9-/m0/s1. The minimum Gasteiger partial charge on any atom is -0.377 e. The Morgan fingerprint density at radius 3 is 2.79 bits per heavy atom. The van der Waals surface area contributed by atoms with Crippen molar-refractivity contribution in [2.75, 3.05) is 20.2 Å². The van der Waals surface area contributed by atoms with Gasteiger partial charge in [0.15, 0.2) is 0 Å².